The van der Waals surface area contributed by atoms with E-state index in [1.54, 1.807) is 6.07 Å². The zero-order valence-corrected chi connectivity index (χ0v) is 16.2. The average molecular weight is 369 g/mol. The molecular formula is C21H27N3O3. The molecule has 1 unspecified atom stereocenters. The van der Waals surface area contributed by atoms with Crippen LogP contribution < -0.4 is 10.6 Å². The molecule has 2 heterocycles. The van der Waals surface area contributed by atoms with Crippen molar-refractivity contribution in [2.24, 2.45) is 0 Å². The molecule has 1 fully saturated rings. The van der Waals surface area contributed by atoms with E-state index in [9.17, 15) is 9.59 Å². The van der Waals surface area contributed by atoms with Gasteiger partial charge in [0.15, 0.2) is 5.76 Å². The van der Waals surface area contributed by atoms with E-state index >= 15 is 0 Å². The summed E-state index contributed by atoms with van der Waals surface area (Å²) >= 11 is 0. The highest BCUT2D eigenvalue weighted by molar-refractivity contribution is 5.99. The van der Waals surface area contributed by atoms with Crippen molar-refractivity contribution >= 4 is 11.8 Å². The molecule has 0 aliphatic heterocycles. The van der Waals surface area contributed by atoms with Crippen molar-refractivity contribution in [3.05, 3.63) is 52.7 Å². The molecule has 2 N–H and O–H groups in total. The number of hydrogen-bond acceptors (Lipinski definition) is 4. The summed E-state index contributed by atoms with van der Waals surface area (Å²) in [6.45, 7) is 3.86. The fourth-order valence-corrected chi connectivity index (χ4v) is 3.59. The third-order valence-electron chi connectivity index (χ3n) is 5.14. The van der Waals surface area contributed by atoms with Crippen LogP contribution in [0.1, 0.15) is 83.0 Å². The number of hydrogen-bond donors (Lipinski definition) is 2. The molecule has 6 nitrogen and oxygen atoms in total. The first kappa shape index (κ1) is 19.1. The van der Waals surface area contributed by atoms with Gasteiger partial charge in [0, 0.05) is 24.8 Å². The van der Waals surface area contributed by atoms with E-state index in [4.69, 9.17) is 4.42 Å². The fourth-order valence-electron chi connectivity index (χ4n) is 3.59. The Labute approximate surface area is 159 Å². The lowest BCUT2D eigenvalue weighted by Crippen LogP contribution is -2.36. The predicted octanol–water partition coefficient (Wildman–Crippen LogP) is 3.56. The van der Waals surface area contributed by atoms with E-state index < -0.39 is 0 Å². The van der Waals surface area contributed by atoms with Crippen molar-refractivity contribution in [3.8, 4) is 0 Å². The van der Waals surface area contributed by atoms with Crippen LogP contribution in [-0.2, 0) is 0 Å². The number of nitrogens with zero attached hydrogens (tertiary/aromatic N) is 1. The first-order valence-electron chi connectivity index (χ1n) is 9.59. The minimum absolute atomic E-state index is 0.140. The van der Waals surface area contributed by atoms with Crippen LogP contribution in [0.15, 0.2) is 28.7 Å². The smallest absolute Gasteiger partial charge is 0.286 e. The molecule has 2 aromatic heterocycles. The summed E-state index contributed by atoms with van der Waals surface area (Å²) in [7, 11) is 1.54. The SMILES string of the molecule is CNC(=O)c1cc(C(=O)NC2CCCCC2)c(C(C)c2cccc(C)n2)o1. The normalized spacial score (nSPS) is 16.0. The van der Waals surface area contributed by atoms with Gasteiger partial charge >= 0.3 is 0 Å². The molecule has 27 heavy (non-hydrogen) atoms. The van der Waals surface area contributed by atoms with Gasteiger partial charge in [-0.15, -0.1) is 0 Å². The lowest BCUT2D eigenvalue weighted by molar-refractivity contribution is 0.0918. The number of carbonyl (C=O) groups excluding carboxylic acids is 2. The Kier molecular flexibility index (Phi) is 5.94. The van der Waals surface area contributed by atoms with Crippen molar-refractivity contribution < 1.29 is 14.0 Å². The zero-order chi connectivity index (χ0) is 19.4. The quantitative estimate of drug-likeness (QED) is 0.844. The van der Waals surface area contributed by atoms with Crippen molar-refractivity contribution in [2.45, 2.75) is 57.9 Å². The highest BCUT2D eigenvalue weighted by Crippen LogP contribution is 2.29. The summed E-state index contributed by atoms with van der Waals surface area (Å²) in [5.74, 6) is -0.163. The Hall–Kier alpha value is -2.63. The second-order valence-electron chi connectivity index (χ2n) is 7.20. The minimum atomic E-state index is -0.350. The van der Waals surface area contributed by atoms with Crippen molar-refractivity contribution in [1.82, 2.24) is 15.6 Å². The van der Waals surface area contributed by atoms with Gasteiger partial charge in [0.25, 0.3) is 11.8 Å². The van der Waals surface area contributed by atoms with Crippen LogP contribution in [0.4, 0.5) is 0 Å². The molecule has 0 radical (unpaired) electrons. The molecule has 1 atom stereocenters. The maximum atomic E-state index is 12.9. The van der Waals surface area contributed by atoms with E-state index in [1.165, 1.54) is 13.5 Å². The zero-order valence-electron chi connectivity index (χ0n) is 16.2. The Balaban J connectivity index is 1.92. The number of furan rings is 1. The van der Waals surface area contributed by atoms with Gasteiger partial charge in [-0.2, -0.15) is 0 Å². The lowest BCUT2D eigenvalue weighted by Gasteiger charge is -2.23. The van der Waals surface area contributed by atoms with Crippen LogP contribution in [0.25, 0.3) is 0 Å². The number of amides is 2. The summed E-state index contributed by atoms with van der Waals surface area (Å²) in [4.78, 5) is 29.5. The van der Waals surface area contributed by atoms with Gasteiger partial charge in [-0.3, -0.25) is 14.6 Å². The summed E-state index contributed by atoms with van der Waals surface area (Å²) in [6, 6.07) is 7.48. The van der Waals surface area contributed by atoms with Gasteiger partial charge in [-0.1, -0.05) is 25.3 Å². The number of aromatic nitrogens is 1. The summed E-state index contributed by atoms with van der Waals surface area (Å²) in [5.41, 5.74) is 2.11. The second-order valence-corrected chi connectivity index (χ2v) is 7.20. The van der Waals surface area contributed by atoms with Crippen molar-refractivity contribution in [2.75, 3.05) is 7.05 Å². The third-order valence-corrected chi connectivity index (χ3v) is 5.14. The van der Waals surface area contributed by atoms with Crippen LogP contribution >= 0.6 is 0 Å². The number of nitrogens with one attached hydrogen (secondary N) is 2. The number of pyridine rings is 1. The monoisotopic (exact) mass is 369 g/mol. The van der Waals surface area contributed by atoms with E-state index in [2.05, 4.69) is 15.6 Å². The summed E-state index contributed by atoms with van der Waals surface area (Å²) in [5, 5.41) is 5.66. The summed E-state index contributed by atoms with van der Waals surface area (Å²) < 4.78 is 5.82. The van der Waals surface area contributed by atoms with E-state index in [0.717, 1.165) is 37.1 Å². The van der Waals surface area contributed by atoms with Crippen LogP contribution in [0, 0.1) is 6.92 Å². The van der Waals surface area contributed by atoms with E-state index in [-0.39, 0.29) is 29.5 Å². The Bertz CT molecular complexity index is 822. The lowest BCUT2D eigenvalue weighted by atomic mass is 9.94. The maximum Gasteiger partial charge on any atom is 0.286 e. The molecule has 1 aliphatic rings. The van der Waals surface area contributed by atoms with Gasteiger partial charge < -0.3 is 15.1 Å². The van der Waals surface area contributed by atoms with Crippen LogP contribution in [0.3, 0.4) is 0 Å². The molecule has 1 aliphatic carbocycles. The Morgan fingerprint density at radius 1 is 1.19 bits per heavy atom. The molecular weight excluding hydrogens is 342 g/mol. The Morgan fingerprint density at radius 3 is 2.59 bits per heavy atom. The molecule has 144 valence electrons. The first-order chi connectivity index (χ1) is 13.0. The van der Waals surface area contributed by atoms with Crippen molar-refractivity contribution in [1.29, 1.82) is 0 Å². The minimum Gasteiger partial charge on any atom is -0.454 e. The molecule has 6 heteroatoms. The first-order valence-corrected chi connectivity index (χ1v) is 9.59. The van der Waals surface area contributed by atoms with E-state index in [1.807, 2.05) is 32.0 Å². The Morgan fingerprint density at radius 2 is 1.93 bits per heavy atom. The molecule has 0 aromatic carbocycles. The van der Waals surface area contributed by atoms with E-state index in [0.29, 0.717) is 11.3 Å². The molecule has 2 aromatic rings. The highest BCUT2D eigenvalue weighted by atomic mass is 16.4. The predicted molar refractivity (Wildman–Crippen MR) is 103 cm³/mol. The largest absolute Gasteiger partial charge is 0.454 e. The van der Waals surface area contributed by atoms with Gasteiger partial charge in [0.2, 0.25) is 0 Å². The topological polar surface area (TPSA) is 84.2 Å². The summed E-state index contributed by atoms with van der Waals surface area (Å²) in [6.07, 6.45) is 5.49. The molecule has 1 saturated carbocycles. The highest BCUT2D eigenvalue weighted by Gasteiger charge is 2.27. The molecule has 0 spiro atoms. The standard InChI is InChI=1S/C21H27N3O3/c1-13-8-7-11-17(23-13)14(2)19-16(12-18(27-19)21(26)22-3)20(25)24-15-9-5-4-6-10-15/h7-8,11-12,14-15H,4-6,9-10H2,1-3H3,(H,22,26)(H,24,25). The van der Waals surface area contributed by atoms with Gasteiger partial charge in [0.05, 0.1) is 17.2 Å². The maximum absolute atomic E-state index is 12.9. The second kappa shape index (κ2) is 8.37. The van der Waals surface area contributed by atoms with Crippen LogP contribution in [0.2, 0.25) is 0 Å². The number of rotatable bonds is 5. The van der Waals surface area contributed by atoms with Gasteiger partial charge in [-0.05, 0) is 38.8 Å². The van der Waals surface area contributed by atoms with Crippen LogP contribution in [0.5, 0.6) is 0 Å². The van der Waals surface area contributed by atoms with Crippen molar-refractivity contribution in [3.63, 3.8) is 0 Å². The molecule has 0 bridgehead atoms. The molecule has 0 saturated heterocycles. The average Bonchev–Trinajstić information content (AvgIpc) is 3.13. The number of aryl methyl sites for hydroxylation is 1. The van der Waals surface area contributed by atoms with Gasteiger partial charge in [0.1, 0.15) is 5.76 Å². The number of carbonyl (C=O) groups is 2. The molecule has 2 amide bonds. The van der Waals surface area contributed by atoms with Crippen LogP contribution in [-0.4, -0.2) is 29.9 Å². The van der Waals surface area contributed by atoms with Gasteiger partial charge in [-0.25, -0.2) is 0 Å². The fraction of sp³-hybridized carbons (Fsp3) is 0.476. The third kappa shape index (κ3) is 4.38. The molecule has 3 rings (SSSR count).